The van der Waals surface area contributed by atoms with Crippen molar-refractivity contribution in [1.82, 2.24) is 37.9 Å². The van der Waals surface area contributed by atoms with Gasteiger partial charge >= 0.3 is 0 Å². The molecule has 63 heavy (non-hydrogen) atoms. The number of nitrogens with zero attached hydrogens (tertiary/aromatic N) is 8. The molecular weight excluding hydrogens is 777 g/mol. The Kier molecular flexibility index (Phi) is 6.92. The van der Waals surface area contributed by atoms with Crippen molar-refractivity contribution in [3.8, 4) is 44.9 Å². The Morgan fingerprint density at radius 3 is 1.63 bits per heavy atom. The summed E-state index contributed by atoms with van der Waals surface area (Å²) in [5.74, 6) is 2.25. The van der Waals surface area contributed by atoms with Crippen LogP contribution in [0.5, 0.6) is 0 Å². The number of hydrogen-bond donors (Lipinski definition) is 0. The van der Waals surface area contributed by atoms with E-state index in [1.807, 2.05) is 30.3 Å². The molecule has 9 heteroatoms. The molecule has 0 atom stereocenters. The standard InChI is InChI=1S/C54H32N8O/c1-2-11-33(12-3-1)34-21-23-35(24-22-34)36-13-10-14-39(29-36)59-45-27-25-37(30-47(45)60-43-18-7-5-16-41(43)57-53(59)60)38-26-28-46-48(31-38)61-44-19-8-6-17-42(44)58-54(61)62(46)52-51-50(55-32-56-52)40-15-4-9-20-49(40)63-51/h1-32H. The average molecular weight is 809 g/mol. The van der Waals surface area contributed by atoms with Gasteiger partial charge in [0.15, 0.2) is 11.4 Å². The van der Waals surface area contributed by atoms with Crippen LogP contribution in [0.2, 0.25) is 0 Å². The van der Waals surface area contributed by atoms with Crippen molar-refractivity contribution in [1.29, 1.82) is 0 Å². The molecule has 14 aromatic rings. The highest BCUT2D eigenvalue weighted by molar-refractivity contribution is 6.05. The molecule has 8 aromatic carbocycles. The second-order valence-electron chi connectivity index (χ2n) is 16.0. The lowest BCUT2D eigenvalue weighted by molar-refractivity contribution is 0.662. The van der Waals surface area contributed by atoms with Gasteiger partial charge in [0, 0.05) is 11.1 Å². The van der Waals surface area contributed by atoms with Crippen molar-refractivity contribution in [3.05, 3.63) is 194 Å². The summed E-state index contributed by atoms with van der Waals surface area (Å²) in [5.41, 5.74) is 18.1. The van der Waals surface area contributed by atoms with E-state index in [2.05, 4.69) is 181 Å². The molecular formula is C54H32N8O. The Labute approximate surface area is 358 Å². The minimum Gasteiger partial charge on any atom is -0.450 e. The number of benzene rings is 8. The molecule has 294 valence electrons. The van der Waals surface area contributed by atoms with Crippen LogP contribution in [0.4, 0.5) is 0 Å². The van der Waals surface area contributed by atoms with Crippen LogP contribution in [0, 0.1) is 0 Å². The largest absolute Gasteiger partial charge is 0.450 e. The van der Waals surface area contributed by atoms with E-state index in [0.29, 0.717) is 11.4 Å². The van der Waals surface area contributed by atoms with Gasteiger partial charge < -0.3 is 4.42 Å². The molecule has 0 saturated heterocycles. The molecule has 0 unspecified atom stereocenters. The third-order valence-corrected chi connectivity index (χ3v) is 12.5. The van der Waals surface area contributed by atoms with E-state index in [4.69, 9.17) is 19.4 Å². The number of aromatic nitrogens is 8. The lowest BCUT2D eigenvalue weighted by Crippen LogP contribution is -1.99. The van der Waals surface area contributed by atoms with Crippen molar-refractivity contribution < 1.29 is 4.42 Å². The number of hydrogen-bond acceptors (Lipinski definition) is 5. The molecule has 0 saturated carbocycles. The predicted molar refractivity (Wildman–Crippen MR) is 252 cm³/mol. The topological polar surface area (TPSA) is 83.4 Å². The summed E-state index contributed by atoms with van der Waals surface area (Å²) in [4.78, 5) is 19.9. The Balaban J connectivity index is 0.951. The first-order chi connectivity index (χ1) is 31.2. The summed E-state index contributed by atoms with van der Waals surface area (Å²) in [6.07, 6.45) is 1.61. The number of furan rings is 1. The molecule has 14 rings (SSSR count). The summed E-state index contributed by atoms with van der Waals surface area (Å²) < 4.78 is 15.4. The van der Waals surface area contributed by atoms with E-state index < -0.39 is 0 Å². The van der Waals surface area contributed by atoms with Crippen LogP contribution in [-0.2, 0) is 0 Å². The molecule has 0 radical (unpaired) electrons. The maximum Gasteiger partial charge on any atom is 0.222 e. The molecule has 6 aromatic heterocycles. The Hall–Kier alpha value is -8.82. The predicted octanol–water partition coefficient (Wildman–Crippen LogP) is 12.9. The summed E-state index contributed by atoms with van der Waals surface area (Å²) in [7, 11) is 0. The van der Waals surface area contributed by atoms with Gasteiger partial charge in [-0.3, -0.25) is 17.9 Å². The fourth-order valence-electron chi connectivity index (χ4n) is 9.60. The molecule has 0 N–H and O–H groups in total. The van der Waals surface area contributed by atoms with Crippen LogP contribution in [0.3, 0.4) is 0 Å². The fraction of sp³-hybridized carbons (Fsp3) is 0. The minimum absolute atomic E-state index is 0.618. The van der Waals surface area contributed by atoms with Crippen molar-refractivity contribution in [2.24, 2.45) is 0 Å². The molecule has 0 bridgehead atoms. The van der Waals surface area contributed by atoms with E-state index in [1.54, 1.807) is 6.33 Å². The Morgan fingerprint density at radius 2 is 0.921 bits per heavy atom. The van der Waals surface area contributed by atoms with Gasteiger partial charge in [-0.05, 0) is 106 Å². The molecule has 9 nitrogen and oxygen atoms in total. The van der Waals surface area contributed by atoms with Gasteiger partial charge in [0.25, 0.3) is 0 Å². The Bertz CT molecular complexity index is 4150. The van der Waals surface area contributed by atoms with E-state index >= 15 is 0 Å². The van der Waals surface area contributed by atoms with Gasteiger partial charge in [0.1, 0.15) is 17.4 Å². The van der Waals surface area contributed by atoms with Crippen LogP contribution in [0.15, 0.2) is 199 Å². The third kappa shape index (κ3) is 4.92. The zero-order valence-electron chi connectivity index (χ0n) is 33.5. The first kappa shape index (κ1) is 34.0. The van der Waals surface area contributed by atoms with Crippen molar-refractivity contribution in [3.63, 3.8) is 0 Å². The van der Waals surface area contributed by atoms with Crippen LogP contribution in [0.25, 0.3) is 123 Å². The number of imidazole rings is 4. The lowest BCUT2D eigenvalue weighted by Gasteiger charge is -2.10. The lowest BCUT2D eigenvalue weighted by atomic mass is 10.00. The minimum atomic E-state index is 0.618. The molecule has 0 amide bonds. The maximum absolute atomic E-state index is 6.46. The highest BCUT2D eigenvalue weighted by Crippen LogP contribution is 2.38. The molecule has 6 heterocycles. The second kappa shape index (κ2) is 12.8. The van der Waals surface area contributed by atoms with E-state index in [9.17, 15) is 0 Å². The normalized spacial score (nSPS) is 12.1. The van der Waals surface area contributed by atoms with Gasteiger partial charge in [0.2, 0.25) is 11.6 Å². The zero-order chi connectivity index (χ0) is 41.2. The van der Waals surface area contributed by atoms with Crippen molar-refractivity contribution in [2.45, 2.75) is 0 Å². The van der Waals surface area contributed by atoms with Crippen molar-refractivity contribution in [2.75, 3.05) is 0 Å². The molecule has 0 aliphatic rings. The van der Waals surface area contributed by atoms with Crippen LogP contribution in [-0.4, -0.2) is 37.9 Å². The van der Waals surface area contributed by atoms with Gasteiger partial charge in [-0.2, -0.15) is 0 Å². The summed E-state index contributed by atoms with van der Waals surface area (Å²) in [6.45, 7) is 0. The zero-order valence-corrected chi connectivity index (χ0v) is 33.5. The summed E-state index contributed by atoms with van der Waals surface area (Å²) in [6, 6.07) is 66.0. The second-order valence-corrected chi connectivity index (χ2v) is 16.0. The van der Waals surface area contributed by atoms with Crippen LogP contribution >= 0.6 is 0 Å². The average Bonchev–Trinajstić information content (AvgIpc) is 4.15. The monoisotopic (exact) mass is 808 g/mol. The maximum atomic E-state index is 6.46. The van der Waals surface area contributed by atoms with Crippen LogP contribution < -0.4 is 0 Å². The van der Waals surface area contributed by atoms with Gasteiger partial charge in [-0.25, -0.2) is 19.9 Å². The van der Waals surface area contributed by atoms with Gasteiger partial charge in [-0.1, -0.05) is 115 Å². The third-order valence-electron chi connectivity index (χ3n) is 12.5. The number of rotatable bonds is 5. The van der Waals surface area contributed by atoms with E-state index in [-0.39, 0.29) is 0 Å². The van der Waals surface area contributed by atoms with Gasteiger partial charge in [-0.15, -0.1) is 0 Å². The molecule has 0 spiro atoms. The number of fused-ring (bicyclic) bond motifs is 13. The molecule has 0 fully saturated rings. The number of para-hydroxylation sites is 5. The first-order valence-corrected chi connectivity index (χ1v) is 21.0. The summed E-state index contributed by atoms with van der Waals surface area (Å²) in [5, 5.41) is 0.949. The van der Waals surface area contributed by atoms with Crippen molar-refractivity contribution >= 4 is 77.8 Å². The van der Waals surface area contributed by atoms with Gasteiger partial charge in [0.05, 0.1) is 44.1 Å². The van der Waals surface area contributed by atoms with Crippen LogP contribution in [0.1, 0.15) is 0 Å². The summed E-state index contributed by atoms with van der Waals surface area (Å²) >= 11 is 0. The first-order valence-electron chi connectivity index (χ1n) is 21.0. The smallest absolute Gasteiger partial charge is 0.222 e. The Morgan fingerprint density at radius 1 is 0.381 bits per heavy atom. The molecule has 0 aliphatic heterocycles. The molecule has 0 aliphatic carbocycles. The highest BCUT2D eigenvalue weighted by Gasteiger charge is 2.24. The highest BCUT2D eigenvalue weighted by atomic mass is 16.3. The fourth-order valence-corrected chi connectivity index (χ4v) is 9.60. The van der Waals surface area contributed by atoms with E-state index in [1.165, 1.54) is 11.1 Å². The SMILES string of the molecule is c1ccc(-c2ccc(-c3cccc(-n4c5ccc(-c6ccc7c(c6)n6c8ccccc8nc6n7-c6ncnc7c6oc6ccccc67)cc5n5c6ccccc6nc45)c3)cc2)cc1. The van der Waals surface area contributed by atoms with E-state index in [0.717, 1.165) is 100 Å². The quantitative estimate of drug-likeness (QED) is 0.173.